The molecule has 0 saturated carbocycles. The van der Waals surface area contributed by atoms with E-state index in [1.807, 2.05) is 57.5 Å². The maximum atomic E-state index is 11.9. The molecule has 0 aliphatic heterocycles. The number of hydrogen-bond donors (Lipinski definition) is 0. The average Bonchev–Trinajstić information content (AvgIpc) is 2.66. The van der Waals surface area contributed by atoms with Gasteiger partial charge in [0.2, 0.25) is 0 Å². The molecule has 0 atom stereocenters. The van der Waals surface area contributed by atoms with Gasteiger partial charge in [0, 0.05) is 5.69 Å². The fraction of sp³-hybridized carbons (Fsp3) is 0.375. The van der Waals surface area contributed by atoms with Crippen LogP contribution in [0.1, 0.15) is 41.2 Å². The molecule has 0 aliphatic rings. The van der Waals surface area contributed by atoms with Gasteiger partial charge in [-0.1, -0.05) is 6.07 Å². The molecule has 4 heteroatoms. The van der Waals surface area contributed by atoms with Crippen molar-refractivity contribution in [1.29, 1.82) is 0 Å². The Morgan fingerprint density at radius 2 is 1.95 bits per heavy atom. The van der Waals surface area contributed by atoms with Gasteiger partial charge in [0.25, 0.3) is 0 Å². The SMILES string of the molecule is Cc1nn(-c2cccc(C(=O)OC(C)C)c2)c(C)c1C. The summed E-state index contributed by atoms with van der Waals surface area (Å²) < 4.78 is 7.08. The molecule has 4 nitrogen and oxygen atoms in total. The Labute approximate surface area is 119 Å². The predicted octanol–water partition coefficient (Wildman–Crippen LogP) is 3.36. The van der Waals surface area contributed by atoms with E-state index in [1.54, 1.807) is 6.07 Å². The summed E-state index contributed by atoms with van der Waals surface area (Å²) in [7, 11) is 0. The first-order valence-corrected chi connectivity index (χ1v) is 6.74. The summed E-state index contributed by atoms with van der Waals surface area (Å²) in [5.74, 6) is -0.305. The molecular formula is C16H20N2O2. The van der Waals surface area contributed by atoms with E-state index in [0.29, 0.717) is 5.56 Å². The first kappa shape index (κ1) is 14.3. The standard InChI is InChI=1S/C16H20N2O2/c1-10(2)20-16(19)14-7-6-8-15(9-14)18-13(5)11(3)12(4)17-18/h6-10H,1-5H3. The number of carbonyl (C=O) groups is 1. The van der Waals surface area contributed by atoms with Crippen LogP contribution in [0.3, 0.4) is 0 Å². The van der Waals surface area contributed by atoms with Gasteiger partial charge in [-0.2, -0.15) is 5.10 Å². The Hall–Kier alpha value is -2.10. The second kappa shape index (κ2) is 5.49. The molecule has 1 aromatic heterocycles. The molecule has 0 spiro atoms. The van der Waals surface area contributed by atoms with Crippen molar-refractivity contribution < 1.29 is 9.53 Å². The molecule has 1 aromatic carbocycles. The zero-order chi connectivity index (χ0) is 14.9. The summed E-state index contributed by atoms with van der Waals surface area (Å²) in [5, 5.41) is 4.51. The molecule has 0 amide bonds. The van der Waals surface area contributed by atoms with Gasteiger partial charge in [-0.15, -0.1) is 0 Å². The van der Waals surface area contributed by atoms with Gasteiger partial charge in [0.1, 0.15) is 0 Å². The molecule has 0 fully saturated rings. The highest BCUT2D eigenvalue weighted by Crippen LogP contribution is 2.18. The predicted molar refractivity (Wildman–Crippen MR) is 78.3 cm³/mol. The normalized spacial score (nSPS) is 10.9. The van der Waals surface area contributed by atoms with Crippen LogP contribution in [-0.4, -0.2) is 21.9 Å². The largest absolute Gasteiger partial charge is 0.459 e. The van der Waals surface area contributed by atoms with Crippen LogP contribution in [0.25, 0.3) is 5.69 Å². The van der Waals surface area contributed by atoms with Crippen molar-refractivity contribution in [3.63, 3.8) is 0 Å². The third kappa shape index (κ3) is 2.74. The van der Waals surface area contributed by atoms with E-state index in [-0.39, 0.29) is 12.1 Å². The number of nitrogens with zero attached hydrogens (tertiary/aromatic N) is 2. The second-order valence-corrected chi connectivity index (χ2v) is 5.21. The van der Waals surface area contributed by atoms with Crippen LogP contribution in [0.5, 0.6) is 0 Å². The quantitative estimate of drug-likeness (QED) is 0.805. The van der Waals surface area contributed by atoms with Gasteiger partial charge in [0.05, 0.1) is 23.0 Å². The van der Waals surface area contributed by atoms with Crippen molar-refractivity contribution in [2.45, 2.75) is 40.7 Å². The van der Waals surface area contributed by atoms with Crippen molar-refractivity contribution in [2.24, 2.45) is 0 Å². The van der Waals surface area contributed by atoms with Crippen LogP contribution in [0, 0.1) is 20.8 Å². The van der Waals surface area contributed by atoms with E-state index in [9.17, 15) is 4.79 Å². The van der Waals surface area contributed by atoms with Gasteiger partial charge < -0.3 is 4.74 Å². The van der Waals surface area contributed by atoms with E-state index in [2.05, 4.69) is 5.10 Å². The summed E-state index contributed by atoms with van der Waals surface area (Å²) in [6, 6.07) is 7.35. The number of aryl methyl sites for hydroxylation is 1. The molecular weight excluding hydrogens is 252 g/mol. The molecule has 0 saturated heterocycles. The number of hydrogen-bond acceptors (Lipinski definition) is 3. The highest BCUT2D eigenvalue weighted by atomic mass is 16.5. The molecule has 2 rings (SSSR count). The van der Waals surface area contributed by atoms with Gasteiger partial charge >= 0.3 is 5.97 Å². The minimum atomic E-state index is -0.305. The summed E-state index contributed by atoms with van der Waals surface area (Å²) in [6.45, 7) is 9.73. The number of ether oxygens (including phenoxy) is 1. The summed E-state index contributed by atoms with van der Waals surface area (Å²) in [4.78, 5) is 11.9. The molecule has 0 bridgehead atoms. The molecule has 0 N–H and O–H groups in total. The van der Waals surface area contributed by atoms with E-state index >= 15 is 0 Å². The average molecular weight is 272 g/mol. The number of rotatable bonds is 3. The maximum absolute atomic E-state index is 11.9. The highest BCUT2D eigenvalue weighted by Gasteiger charge is 2.13. The third-order valence-electron chi connectivity index (χ3n) is 3.32. The third-order valence-corrected chi connectivity index (χ3v) is 3.32. The molecule has 0 aliphatic carbocycles. The van der Waals surface area contributed by atoms with Crippen molar-refractivity contribution in [3.8, 4) is 5.69 Å². The number of carbonyl (C=O) groups excluding carboxylic acids is 1. The van der Waals surface area contributed by atoms with Crippen molar-refractivity contribution in [1.82, 2.24) is 9.78 Å². The Balaban J connectivity index is 2.39. The van der Waals surface area contributed by atoms with Gasteiger partial charge in [-0.3, -0.25) is 0 Å². The first-order chi connectivity index (χ1) is 9.40. The molecule has 1 heterocycles. The van der Waals surface area contributed by atoms with Crippen LogP contribution >= 0.6 is 0 Å². The maximum Gasteiger partial charge on any atom is 0.338 e. The Kier molecular flexibility index (Phi) is 3.93. The van der Waals surface area contributed by atoms with E-state index in [4.69, 9.17) is 4.74 Å². The van der Waals surface area contributed by atoms with Gasteiger partial charge in [-0.05, 0) is 58.4 Å². The lowest BCUT2D eigenvalue weighted by Crippen LogP contribution is -2.12. The Bertz CT molecular complexity index is 642. The Morgan fingerprint density at radius 3 is 2.50 bits per heavy atom. The smallest absolute Gasteiger partial charge is 0.338 e. The number of benzene rings is 1. The molecule has 0 unspecified atom stereocenters. The van der Waals surface area contributed by atoms with Gasteiger partial charge in [0.15, 0.2) is 0 Å². The molecule has 0 radical (unpaired) electrons. The lowest BCUT2D eigenvalue weighted by molar-refractivity contribution is 0.0378. The minimum absolute atomic E-state index is 0.123. The van der Waals surface area contributed by atoms with Crippen LogP contribution in [0.2, 0.25) is 0 Å². The zero-order valence-electron chi connectivity index (χ0n) is 12.6. The summed E-state index contributed by atoms with van der Waals surface area (Å²) in [5.41, 5.74) is 4.66. The molecule has 106 valence electrons. The first-order valence-electron chi connectivity index (χ1n) is 6.74. The van der Waals surface area contributed by atoms with E-state index < -0.39 is 0 Å². The molecule has 2 aromatic rings. The van der Waals surface area contributed by atoms with Crippen molar-refractivity contribution >= 4 is 5.97 Å². The van der Waals surface area contributed by atoms with Crippen molar-refractivity contribution in [3.05, 3.63) is 46.8 Å². The topological polar surface area (TPSA) is 44.1 Å². The van der Waals surface area contributed by atoms with Crippen LogP contribution < -0.4 is 0 Å². The number of aromatic nitrogens is 2. The summed E-state index contributed by atoms with van der Waals surface area (Å²) >= 11 is 0. The minimum Gasteiger partial charge on any atom is -0.459 e. The lowest BCUT2D eigenvalue weighted by atomic mass is 10.2. The van der Waals surface area contributed by atoms with Crippen molar-refractivity contribution in [2.75, 3.05) is 0 Å². The van der Waals surface area contributed by atoms with Crippen LogP contribution in [0.4, 0.5) is 0 Å². The van der Waals surface area contributed by atoms with Crippen LogP contribution in [0.15, 0.2) is 24.3 Å². The van der Waals surface area contributed by atoms with Crippen LogP contribution in [-0.2, 0) is 4.74 Å². The highest BCUT2D eigenvalue weighted by molar-refractivity contribution is 5.90. The monoisotopic (exact) mass is 272 g/mol. The molecule has 20 heavy (non-hydrogen) atoms. The summed E-state index contributed by atoms with van der Waals surface area (Å²) in [6.07, 6.45) is -0.123. The fourth-order valence-corrected chi connectivity index (χ4v) is 2.02. The van der Waals surface area contributed by atoms with E-state index in [0.717, 1.165) is 17.1 Å². The fourth-order valence-electron chi connectivity index (χ4n) is 2.02. The lowest BCUT2D eigenvalue weighted by Gasteiger charge is -2.10. The second-order valence-electron chi connectivity index (χ2n) is 5.21. The zero-order valence-corrected chi connectivity index (χ0v) is 12.6. The van der Waals surface area contributed by atoms with Gasteiger partial charge in [-0.25, -0.2) is 9.48 Å². The van der Waals surface area contributed by atoms with E-state index in [1.165, 1.54) is 5.56 Å². The Morgan fingerprint density at radius 1 is 1.25 bits per heavy atom. The number of esters is 1.